The molecular formula is C19H28N6O2. The lowest BCUT2D eigenvalue weighted by Gasteiger charge is -2.32. The van der Waals surface area contributed by atoms with Gasteiger partial charge in [0.25, 0.3) is 5.91 Å². The maximum absolute atomic E-state index is 12.4. The maximum atomic E-state index is 12.4. The predicted octanol–water partition coefficient (Wildman–Crippen LogP) is 1.10. The van der Waals surface area contributed by atoms with Gasteiger partial charge in [-0.2, -0.15) is 10.2 Å². The second-order valence-corrected chi connectivity index (χ2v) is 7.44. The molecule has 1 unspecified atom stereocenters. The fraction of sp³-hybridized carbons (Fsp3) is 0.632. The Labute approximate surface area is 159 Å². The fourth-order valence-electron chi connectivity index (χ4n) is 4.10. The van der Waals surface area contributed by atoms with Crippen LogP contribution in [-0.4, -0.2) is 56.1 Å². The molecule has 2 aliphatic heterocycles. The first-order valence-electron chi connectivity index (χ1n) is 9.81. The summed E-state index contributed by atoms with van der Waals surface area (Å²) in [6.07, 6.45) is 6.39. The van der Waals surface area contributed by atoms with Crippen molar-refractivity contribution in [3.8, 4) is 0 Å². The number of aryl methyl sites for hydroxylation is 2. The van der Waals surface area contributed by atoms with E-state index in [9.17, 15) is 4.79 Å². The molecular weight excluding hydrogens is 344 g/mol. The molecule has 2 aromatic heterocycles. The molecule has 0 spiro atoms. The van der Waals surface area contributed by atoms with Crippen LogP contribution in [0.15, 0.2) is 12.4 Å². The van der Waals surface area contributed by atoms with Crippen molar-refractivity contribution in [2.45, 2.75) is 51.9 Å². The quantitative estimate of drug-likeness (QED) is 0.851. The van der Waals surface area contributed by atoms with Crippen LogP contribution >= 0.6 is 0 Å². The van der Waals surface area contributed by atoms with Gasteiger partial charge in [0.2, 0.25) is 0 Å². The van der Waals surface area contributed by atoms with Crippen LogP contribution in [0.5, 0.6) is 0 Å². The van der Waals surface area contributed by atoms with Crippen LogP contribution in [0, 0.1) is 0 Å². The topological polar surface area (TPSA) is 77.2 Å². The first-order chi connectivity index (χ1) is 13.1. The molecule has 2 aromatic rings. The highest BCUT2D eigenvalue weighted by Crippen LogP contribution is 2.23. The molecule has 4 heterocycles. The van der Waals surface area contributed by atoms with Crippen LogP contribution in [0.25, 0.3) is 0 Å². The number of fused-ring (bicyclic) bond motifs is 1. The Balaban J connectivity index is 1.40. The van der Waals surface area contributed by atoms with E-state index in [-0.39, 0.29) is 11.9 Å². The summed E-state index contributed by atoms with van der Waals surface area (Å²) >= 11 is 0. The van der Waals surface area contributed by atoms with Crippen molar-refractivity contribution in [3.05, 3.63) is 34.9 Å². The van der Waals surface area contributed by atoms with Crippen molar-refractivity contribution in [3.63, 3.8) is 0 Å². The van der Waals surface area contributed by atoms with Crippen LogP contribution in [0.3, 0.4) is 0 Å². The zero-order chi connectivity index (χ0) is 18.8. The van der Waals surface area contributed by atoms with E-state index < -0.39 is 0 Å². The van der Waals surface area contributed by atoms with Gasteiger partial charge < -0.3 is 10.1 Å². The number of nitrogens with one attached hydrogen (secondary N) is 1. The molecule has 0 saturated carbocycles. The van der Waals surface area contributed by atoms with Gasteiger partial charge in [-0.3, -0.25) is 19.1 Å². The minimum atomic E-state index is -0.0454. The number of carbonyl (C=O) groups is 1. The summed E-state index contributed by atoms with van der Waals surface area (Å²) in [5, 5.41) is 12.1. The van der Waals surface area contributed by atoms with Gasteiger partial charge in [0.15, 0.2) is 0 Å². The summed E-state index contributed by atoms with van der Waals surface area (Å²) < 4.78 is 9.45. The molecule has 0 bridgehead atoms. The van der Waals surface area contributed by atoms with Crippen molar-refractivity contribution in [1.29, 1.82) is 0 Å². The summed E-state index contributed by atoms with van der Waals surface area (Å²) in [4.78, 5) is 14.8. The molecule has 1 atom stereocenters. The lowest BCUT2D eigenvalue weighted by Crippen LogP contribution is -2.47. The molecule has 1 saturated heterocycles. The third kappa shape index (κ3) is 3.91. The van der Waals surface area contributed by atoms with E-state index in [1.807, 2.05) is 7.05 Å². The number of hydrogen-bond donors (Lipinski definition) is 1. The highest BCUT2D eigenvalue weighted by atomic mass is 16.5. The molecule has 0 aliphatic carbocycles. The van der Waals surface area contributed by atoms with Crippen LogP contribution in [0.4, 0.5) is 0 Å². The molecule has 1 fully saturated rings. The molecule has 2 aliphatic rings. The molecule has 8 nitrogen and oxygen atoms in total. The summed E-state index contributed by atoms with van der Waals surface area (Å²) in [5.41, 5.74) is 4.34. The summed E-state index contributed by atoms with van der Waals surface area (Å²) in [6.45, 7) is 7.18. The number of hydrogen-bond acceptors (Lipinski definition) is 5. The molecule has 4 rings (SSSR count). The van der Waals surface area contributed by atoms with Crippen LogP contribution in [0.2, 0.25) is 0 Å². The Morgan fingerprint density at radius 1 is 1.44 bits per heavy atom. The van der Waals surface area contributed by atoms with Gasteiger partial charge in [-0.05, 0) is 26.3 Å². The van der Waals surface area contributed by atoms with Gasteiger partial charge in [0, 0.05) is 56.6 Å². The third-order valence-corrected chi connectivity index (χ3v) is 5.46. The number of likely N-dealkylation sites (tertiary alicyclic amines) is 1. The Morgan fingerprint density at radius 2 is 2.33 bits per heavy atom. The van der Waals surface area contributed by atoms with E-state index in [2.05, 4.69) is 26.9 Å². The predicted molar refractivity (Wildman–Crippen MR) is 100 cm³/mol. The maximum Gasteiger partial charge on any atom is 0.254 e. The van der Waals surface area contributed by atoms with Crippen molar-refractivity contribution in [1.82, 2.24) is 29.8 Å². The van der Waals surface area contributed by atoms with E-state index in [1.165, 1.54) is 11.3 Å². The average Bonchev–Trinajstić information content (AvgIpc) is 3.26. The Hall–Kier alpha value is -2.19. The smallest absolute Gasteiger partial charge is 0.254 e. The SMILES string of the molecule is CCn1nc(CN2CCCC(NC(=O)c3cnn(C)c3)C2)c2c1CCOC2. The third-order valence-electron chi connectivity index (χ3n) is 5.46. The minimum Gasteiger partial charge on any atom is -0.376 e. The Bertz CT molecular complexity index is 811. The van der Waals surface area contributed by atoms with Crippen LogP contribution in [0.1, 0.15) is 47.1 Å². The number of carbonyl (C=O) groups excluding carboxylic acids is 1. The number of rotatable bonds is 5. The lowest BCUT2D eigenvalue weighted by atomic mass is 10.0. The molecule has 0 aromatic carbocycles. The van der Waals surface area contributed by atoms with E-state index in [4.69, 9.17) is 9.84 Å². The van der Waals surface area contributed by atoms with Crippen LogP contribution < -0.4 is 5.32 Å². The van der Waals surface area contributed by atoms with Crippen molar-refractivity contribution < 1.29 is 9.53 Å². The van der Waals surface area contributed by atoms with E-state index in [0.29, 0.717) is 12.2 Å². The van der Waals surface area contributed by atoms with Gasteiger partial charge in [-0.25, -0.2) is 0 Å². The molecule has 0 radical (unpaired) electrons. The lowest BCUT2D eigenvalue weighted by molar-refractivity contribution is 0.0898. The zero-order valence-corrected chi connectivity index (χ0v) is 16.1. The number of amides is 1. The summed E-state index contributed by atoms with van der Waals surface area (Å²) in [5.74, 6) is -0.0454. The minimum absolute atomic E-state index is 0.0454. The molecule has 146 valence electrons. The van der Waals surface area contributed by atoms with Gasteiger partial charge in [-0.1, -0.05) is 0 Å². The number of aromatic nitrogens is 4. The molecule has 1 N–H and O–H groups in total. The van der Waals surface area contributed by atoms with Crippen molar-refractivity contribution in [2.75, 3.05) is 19.7 Å². The Morgan fingerprint density at radius 3 is 3.11 bits per heavy atom. The number of piperidine rings is 1. The summed E-state index contributed by atoms with van der Waals surface area (Å²) in [7, 11) is 1.82. The van der Waals surface area contributed by atoms with Crippen molar-refractivity contribution >= 4 is 5.91 Å². The molecule has 8 heteroatoms. The van der Waals surface area contributed by atoms with Gasteiger partial charge in [-0.15, -0.1) is 0 Å². The highest BCUT2D eigenvalue weighted by molar-refractivity contribution is 5.93. The van der Waals surface area contributed by atoms with Gasteiger partial charge in [0.1, 0.15) is 0 Å². The second-order valence-electron chi connectivity index (χ2n) is 7.44. The summed E-state index contributed by atoms with van der Waals surface area (Å²) in [6, 6.07) is 0.159. The first kappa shape index (κ1) is 18.2. The second kappa shape index (κ2) is 7.82. The normalized spacial score (nSPS) is 20.4. The Kier molecular flexibility index (Phi) is 5.27. The average molecular weight is 372 g/mol. The fourth-order valence-corrected chi connectivity index (χ4v) is 4.10. The zero-order valence-electron chi connectivity index (χ0n) is 16.1. The van der Waals surface area contributed by atoms with Crippen molar-refractivity contribution in [2.24, 2.45) is 7.05 Å². The van der Waals surface area contributed by atoms with E-state index >= 15 is 0 Å². The number of nitrogens with zero attached hydrogens (tertiary/aromatic N) is 5. The van der Waals surface area contributed by atoms with E-state index in [0.717, 1.165) is 57.7 Å². The van der Waals surface area contributed by atoms with Gasteiger partial charge in [0.05, 0.1) is 30.7 Å². The van der Waals surface area contributed by atoms with E-state index in [1.54, 1.807) is 17.1 Å². The monoisotopic (exact) mass is 372 g/mol. The van der Waals surface area contributed by atoms with Crippen LogP contribution in [-0.2, 0) is 37.9 Å². The molecule has 27 heavy (non-hydrogen) atoms. The number of ether oxygens (including phenoxy) is 1. The first-order valence-corrected chi connectivity index (χ1v) is 9.81. The largest absolute Gasteiger partial charge is 0.376 e. The molecule has 1 amide bonds. The highest BCUT2D eigenvalue weighted by Gasteiger charge is 2.26. The van der Waals surface area contributed by atoms with Gasteiger partial charge >= 0.3 is 0 Å². The standard InChI is InChI=1S/C19H28N6O2/c1-3-25-18-6-8-27-13-16(18)17(22-25)12-24-7-4-5-15(11-24)21-19(26)14-9-20-23(2)10-14/h9-10,15H,3-8,11-13H2,1-2H3,(H,21,26).